The second kappa shape index (κ2) is 6.70. The molecule has 1 atom stereocenters. The van der Waals surface area contributed by atoms with Gasteiger partial charge in [-0.05, 0) is 18.8 Å². The lowest BCUT2D eigenvalue weighted by Crippen LogP contribution is -2.10. The summed E-state index contributed by atoms with van der Waals surface area (Å²) in [4.78, 5) is 0. The molecule has 0 amide bonds. The molecule has 0 saturated carbocycles. The molecule has 0 bridgehead atoms. The molecule has 3 heteroatoms. The number of hydrogen-bond donors (Lipinski definition) is 0. The van der Waals surface area contributed by atoms with Crippen molar-refractivity contribution < 1.29 is 13.2 Å². The fourth-order valence-corrected chi connectivity index (χ4v) is 1.32. The van der Waals surface area contributed by atoms with Gasteiger partial charge in [0.15, 0.2) is 0 Å². The lowest BCUT2D eigenvalue weighted by molar-refractivity contribution is -0.0884. The van der Waals surface area contributed by atoms with Crippen LogP contribution in [0.15, 0.2) is 23.8 Å². The summed E-state index contributed by atoms with van der Waals surface area (Å²) in [6.45, 7) is 5.66. The Hall–Kier alpha value is -0.730. The average Bonchev–Trinajstić information content (AvgIpc) is 2.10. The molecule has 0 heterocycles. The molecule has 0 aromatic rings. The first kappa shape index (κ1) is 14.3. The summed E-state index contributed by atoms with van der Waals surface area (Å²) in [5, 5.41) is 0. The Kier molecular flexibility index (Phi) is 6.37. The highest BCUT2D eigenvalue weighted by Crippen LogP contribution is 2.27. The van der Waals surface area contributed by atoms with Crippen molar-refractivity contribution in [3.8, 4) is 0 Å². The number of halogens is 3. The maximum absolute atomic E-state index is 12.4. The Bertz CT molecular complexity index is 224. The number of hydrogen-bond acceptors (Lipinski definition) is 0. The van der Waals surface area contributed by atoms with Crippen molar-refractivity contribution in [2.24, 2.45) is 5.92 Å². The summed E-state index contributed by atoms with van der Waals surface area (Å²) in [5.74, 6) is 0.206. The zero-order valence-electron chi connectivity index (χ0n) is 9.56. The molecule has 0 rings (SSSR count). The van der Waals surface area contributed by atoms with Gasteiger partial charge in [-0.1, -0.05) is 45.4 Å². The maximum atomic E-state index is 12.4. The van der Waals surface area contributed by atoms with Crippen LogP contribution in [0.1, 0.15) is 40.0 Å². The first-order chi connectivity index (χ1) is 6.91. The fourth-order valence-electron chi connectivity index (χ4n) is 1.32. The normalized spacial score (nSPS) is 16.0. The van der Waals surface area contributed by atoms with E-state index in [1.807, 2.05) is 13.8 Å². The lowest BCUT2D eigenvalue weighted by Gasteiger charge is -2.08. The molecule has 0 radical (unpaired) electrons. The van der Waals surface area contributed by atoms with E-state index in [-0.39, 0.29) is 5.92 Å². The van der Waals surface area contributed by atoms with Crippen LogP contribution in [0, 0.1) is 5.92 Å². The first-order valence-electron chi connectivity index (χ1n) is 5.37. The zero-order valence-corrected chi connectivity index (χ0v) is 9.56. The van der Waals surface area contributed by atoms with Crippen molar-refractivity contribution >= 4 is 0 Å². The highest BCUT2D eigenvalue weighted by molar-refractivity contribution is 5.23. The van der Waals surface area contributed by atoms with E-state index in [9.17, 15) is 13.2 Å². The van der Waals surface area contributed by atoms with Crippen LogP contribution in [0.2, 0.25) is 0 Å². The Morgan fingerprint density at radius 2 is 1.87 bits per heavy atom. The van der Waals surface area contributed by atoms with E-state index < -0.39 is 11.7 Å². The third kappa shape index (κ3) is 6.37. The van der Waals surface area contributed by atoms with Crippen LogP contribution in [0.25, 0.3) is 0 Å². The van der Waals surface area contributed by atoms with E-state index >= 15 is 0 Å². The van der Waals surface area contributed by atoms with Crippen LogP contribution < -0.4 is 0 Å². The fraction of sp³-hybridized carbons (Fsp3) is 0.667. The van der Waals surface area contributed by atoms with Crippen LogP contribution in [0.3, 0.4) is 0 Å². The Balaban J connectivity index is 4.50. The predicted octanol–water partition coefficient (Wildman–Crippen LogP) is 4.88. The van der Waals surface area contributed by atoms with Crippen molar-refractivity contribution in [2.75, 3.05) is 0 Å². The van der Waals surface area contributed by atoms with Gasteiger partial charge in [0.1, 0.15) is 0 Å². The summed E-state index contributed by atoms with van der Waals surface area (Å²) in [6.07, 6.45) is 2.15. The molecule has 0 aromatic heterocycles. The zero-order chi connectivity index (χ0) is 11.9. The Morgan fingerprint density at radius 3 is 2.27 bits per heavy atom. The van der Waals surface area contributed by atoms with Crippen molar-refractivity contribution in [3.63, 3.8) is 0 Å². The maximum Gasteiger partial charge on any atom is 0.416 e. The van der Waals surface area contributed by atoms with Crippen LogP contribution in [0.4, 0.5) is 13.2 Å². The first-order valence-corrected chi connectivity index (χ1v) is 5.37. The van der Waals surface area contributed by atoms with E-state index in [0.29, 0.717) is 6.42 Å². The van der Waals surface area contributed by atoms with Gasteiger partial charge in [0.25, 0.3) is 0 Å². The van der Waals surface area contributed by atoms with Gasteiger partial charge >= 0.3 is 6.18 Å². The molecule has 0 aliphatic rings. The van der Waals surface area contributed by atoms with Gasteiger partial charge in [0.05, 0.1) is 5.57 Å². The summed E-state index contributed by atoms with van der Waals surface area (Å²) in [6, 6.07) is 0. The van der Waals surface area contributed by atoms with E-state index in [1.165, 1.54) is 12.2 Å². The third-order valence-corrected chi connectivity index (χ3v) is 2.10. The molecular formula is C12H19F3. The average molecular weight is 220 g/mol. The van der Waals surface area contributed by atoms with E-state index in [1.54, 1.807) is 13.0 Å². The van der Waals surface area contributed by atoms with Gasteiger partial charge in [-0.3, -0.25) is 0 Å². The minimum Gasteiger partial charge on any atom is -0.166 e. The van der Waals surface area contributed by atoms with E-state index in [2.05, 4.69) is 0 Å². The molecule has 0 aliphatic carbocycles. The topological polar surface area (TPSA) is 0 Å². The highest BCUT2D eigenvalue weighted by atomic mass is 19.4. The third-order valence-electron chi connectivity index (χ3n) is 2.10. The minimum absolute atomic E-state index is 0.206. The largest absolute Gasteiger partial charge is 0.416 e. The molecule has 0 aromatic carbocycles. The van der Waals surface area contributed by atoms with Crippen LogP contribution in [-0.4, -0.2) is 6.18 Å². The van der Waals surface area contributed by atoms with Gasteiger partial charge in [0, 0.05) is 0 Å². The van der Waals surface area contributed by atoms with Crippen LogP contribution in [0.5, 0.6) is 0 Å². The Morgan fingerprint density at radius 1 is 1.27 bits per heavy atom. The van der Waals surface area contributed by atoms with Gasteiger partial charge in [-0.2, -0.15) is 13.2 Å². The molecular weight excluding hydrogens is 201 g/mol. The van der Waals surface area contributed by atoms with Gasteiger partial charge < -0.3 is 0 Å². The van der Waals surface area contributed by atoms with Gasteiger partial charge in [-0.25, -0.2) is 0 Å². The number of allylic oxidation sites excluding steroid dienone is 4. The molecule has 15 heavy (non-hydrogen) atoms. The van der Waals surface area contributed by atoms with Gasteiger partial charge in [-0.15, -0.1) is 0 Å². The standard InChI is InChI=1S/C12H19F3/c1-4-6-10(3)8-9-11(7-5-2)12(13,14)15/h7-10H,4-6H2,1-3H3/b9-8-,11-7+. The number of rotatable bonds is 5. The summed E-state index contributed by atoms with van der Waals surface area (Å²) in [5.41, 5.74) is -0.534. The minimum atomic E-state index is -4.22. The molecule has 1 unspecified atom stereocenters. The van der Waals surface area contributed by atoms with Crippen LogP contribution in [-0.2, 0) is 0 Å². The Labute approximate surface area is 89.9 Å². The van der Waals surface area contributed by atoms with Crippen molar-refractivity contribution in [3.05, 3.63) is 23.8 Å². The monoisotopic (exact) mass is 220 g/mol. The molecule has 0 spiro atoms. The van der Waals surface area contributed by atoms with Crippen molar-refractivity contribution in [1.29, 1.82) is 0 Å². The van der Waals surface area contributed by atoms with E-state index in [4.69, 9.17) is 0 Å². The second-order valence-corrected chi connectivity index (χ2v) is 3.69. The second-order valence-electron chi connectivity index (χ2n) is 3.69. The molecule has 0 aliphatic heterocycles. The summed E-state index contributed by atoms with van der Waals surface area (Å²) in [7, 11) is 0. The molecule has 0 N–H and O–H groups in total. The van der Waals surface area contributed by atoms with Crippen molar-refractivity contribution in [2.45, 2.75) is 46.2 Å². The van der Waals surface area contributed by atoms with E-state index in [0.717, 1.165) is 12.8 Å². The summed E-state index contributed by atoms with van der Waals surface area (Å²) < 4.78 is 37.3. The highest BCUT2D eigenvalue weighted by Gasteiger charge is 2.31. The summed E-state index contributed by atoms with van der Waals surface area (Å²) >= 11 is 0. The molecule has 88 valence electrons. The molecule has 0 saturated heterocycles. The molecule has 0 fully saturated rings. The number of alkyl halides is 3. The SMILES string of the molecule is CC/C=C(\C=C/C(C)CCC)C(F)(F)F. The van der Waals surface area contributed by atoms with Crippen LogP contribution >= 0.6 is 0 Å². The predicted molar refractivity (Wildman–Crippen MR) is 57.6 cm³/mol. The van der Waals surface area contributed by atoms with Crippen molar-refractivity contribution in [1.82, 2.24) is 0 Å². The molecule has 0 nitrogen and oxygen atoms in total. The van der Waals surface area contributed by atoms with Gasteiger partial charge in [0.2, 0.25) is 0 Å². The lowest BCUT2D eigenvalue weighted by atomic mass is 10.0. The quantitative estimate of drug-likeness (QED) is 0.579. The smallest absolute Gasteiger partial charge is 0.166 e.